The minimum absolute atomic E-state index is 0.212. The fourth-order valence-corrected chi connectivity index (χ4v) is 1.33. The predicted octanol–water partition coefficient (Wildman–Crippen LogP) is 3.72. The topological polar surface area (TPSA) is 38.7 Å². The van der Waals surface area contributed by atoms with Gasteiger partial charge in [0.2, 0.25) is 0 Å². The van der Waals surface area contributed by atoms with E-state index < -0.39 is 0 Å². The molecule has 0 radical (unpaired) electrons. The van der Waals surface area contributed by atoms with Crippen molar-refractivity contribution in [3.05, 3.63) is 30.3 Å². The number of benzene rings is 1. The van der Waals surface area contributed by atoms with Gasteiger partial charge in [-0.2, -0.15) is 0 Å². The summed E-state index contributed by atoms with van der Waals surface area (Å²) in [5.41, 5.74) is 0.807. The largest absolute Gasteiger partial charge is 0.412 e. The molecule has 3 nitrogen and oxygen atoms in total. The zero-order valence-electron chi connectivity index (χ0n) is 10.6. The van der Waals surface area contributed by atoms with Crippen molar-refractivity contribution in [1.82, 2.24) is 0 Å². The highest BCUT2D eigenvalue weighted by molar-refractivity contribution is 5.90. The van der Waals surface area contributed by atoms with Crippen molar-refractivity contribution >= 4 is 17.6 Å². The molecule has 1 rings (SSSR count). The molecule has 0 aliphatic heterocycles. The first-order valence-electron chi connectivity index (χ1n) is 5.95. The molecular weight excluding hydrogens is 214 g/mol. The highest BCUT2D eigenvalue weighted by atomic mass is 16.5. The molecule has 0 aliphatic carbocycles. The summed E-state index contributed by atoms with van der Waals surface area (Å²) in [4.78, 5) is 15.8. The maximum atomic E-state index is 11.5. The average Bonchev–Trinajstić information content (AvgIpc) is 2.28. The summed E-state index contributed by atoms with van der Waals surface area (Å²) in [5.74, 6) is 0.565. The van der Waals surface area contributed by atoms with Crippen LogP contribution in [0.4, 0.5) is 5.69 Å². The fourth-order valence-electron chi connectivity index (χ4n) is 1.33. The van der Waals surface area contributed by atoms with Gasteiger partial charge >= 0.3 is 5.97 Å². The van der Waals surface area contributed by atoms with E-state index in [-0.39, 0.29) is 5.97 Å². The third-order valence-corrected chi connectivity index (χ3v) is 2.12. The Labute approximate surface area is 103 Å². The van der Waals surface area contributed by atoms with Crippen LogP contribution in [-0.4, -0.2) is 11.9 Å². The number of hydrogen-bond acceptors (Lipinski definition) is 3. The van der Waals surface area contributed by atoms with Crippen LogP contribution in [0.1, 0.15) is 33.6 Å². The standard InChI is InChI=1S/C14H19NO2/c1-4-13(17-14(16)10-11(2)3)15-12-8-6-5-7-9-12/h5-9,11H,4,10H2,1-3H3. The first-order valence-corrected chi connectivity index (χ1v) is 5.95. The number of carbonyl (C=O) groups excluding carboxylic acids is 1. The average molecular weight is 233 g/mol. The second kappa shape index (κ2) is 6.84. The predicted molar refractivity (Wildman–Crippen MR) is 69.4 cm³/mol. The van der Waals surface area contributed by atoms with Gasteiger partial charge in [-0.15, -0.1) is 0 Å². The lowest BCUT2D eigenvalue weighted by Crippen LogP contribution is -2.13. The summed E-state index contributed by atoms with van der Waals surface area (Å²) >= 11 is 0. The van der Waals surface area contributed by atoms with Crippen LogP contribution in [0.5, 0.6) is 0 Å². The zero-order chi connectivity index (χ0) is 12.7. The smallest absolute Gasteiger partial charge is 0.312 e. The molecule has 0 N–H and O–H groups in total. The Hall–Kier alpha value is -1.64. The van der Waals surface area contributed by atoms with E-state index in [1.807, 2.05) is 51.1 Å². The minimum atomic E-state index is -0.212. The second-order valence-corrected chi connectivity index (χ2v) is 4.27. The zero-order valence-corrected chi connectivity index (χ0v) is 10.6. The molecule has 0 spiro atoms. The number of rotatable bonds is 4. The Morgan fingerprint density at radius 3 is 2.47 bits per heavy atom. The van der Waals surface area contributed by atoms with Crippen molar-refractivity contribution < 1.29 is 9.53 Å². The number of carbonyl (C=O) groups is 1. The quantitative estimate of drug-likeness (QED) is 0.451. The Kier molecular flexibility index (Phi) is 5.40. The molecule has 1 aromatic carbocycles. The van der Waals surface area contributed by atoms with Gasteiger partial charge in [0, 0.05) is 12.8 Å². The summed E-state index contributed by atoms with van der Waals surface area (Å²) in [6.07, 6.45) is 1.03. The lowest BCUT2D eigenvalue weighted by atomic mass is 10.1. The van der Waals surface area contributed by atoms with Gasteiger partial charge in [-0.1, -0.05) is 39.0 Å². The Morgan fingerprint density at radius 2 is 1.94 bits per heavy atom. The summed E-state index contributed by atoms with van der Waals surface area (Å²) in [6, 6.07) is 9.50. The lowest BCUT2D eigenvalue weighted by molar-refractivity contribution is -0.136. The molecule has 0 bridgehead atoms. The van der Waals surface area contributed by atoms with E-state index in [2.05, 4.69) is 4.99 Å². The van der Waals surface area contributed by atoms with E-state index in [1.165, 1.54) is 0 Å². The van der Waals surface area contributed by atoms with Crippen molar-refractivity contribution in [2.45, 2.75) is 33.6 Å². The van der Waals surface area contributed by atoms with Gasteiger partial charge in [0.1, 0.15) is 0 Å². The van der Waals surface area contributed by atoms with E-state index in [4.69, 9.17) is 4.74 Å². The maximum Gasteiger partial charge on any atom is 0.312 e. The van der Waals surface area contributed by atoms with Crippen molar-refractivity contribution in [3.8, 4) is 0 Å². The minimum Gasteiger partial charge on any atom is -0.412 e. The molecule has 0 saturated carbocycles. The van der Waals surface area contributed by atoms with Crippen molar-refractivity contribution in [3.63, 3.8) is 0 Å². The number of nitrogens with zero attached hydrogens (tertiary/aromatic N) is 1. The Morgan fingerprint density at radius 1 is 1.29 bits per heavy atom. The molecule has 0 atom stereocenters. The molecule has 3 heteroatoms. The third kappa shape index (κ3) is 5.29. The van der Waals surface area contributed by atoms with Gasteiger partial charge in [-0.3, -0.25) is 4.79 Å². The van der Waals surface area contributed by atoms with Crippen LogP contribution in [0.3, 0.4) is 0 Å². The Balaban J connectivity index is 2.66. The monoisotopic (exact) mass is 233 g/mol. The lowest BCUT2D eigenvalue weighted by Gasteiger charge is -2.07. The van der Waals surface area contributed by atoms with Gasteiger partial charge in [0.25, 0.3) is 0 Å². The Bertz CT molecular complexity index is 382. The number of esters is 1. The van der Waals surface area contributed by atoms with Gasteiger partial charge in [-0.25, -0.2) is 4.99 Å². The van der Waals surface area contributed by atoms with Crippen molar-refractivity contribution in [2.75, 3.05) is 0 Å². The van der Waals surface area contributed by atoms with Gasteiger partial charge in [0.05, 0.1) is 5.69 Å². The summed E-state index contributed by atoms with van der Waals surface area (Å²) in [5, 5.41) is 0. The molecule has 0 aromatic heterocycles. The van der Waals surface area contributed by atoms with E-state index in [0.29, 0.717) is 24.7 Å². The molecule has 92 valence electrons. The highest BCUT2D eigenvalue weighted by Gasteiger charge is 2.09. The molecule has 0 amide bonds. The number of hydrogen-bond donors (Lipinski definition) is 0. The molecule has 0 aliphatic rings. The molecule has 0 unspecified atom stereocenters. The summed E-state index contributed by atoms with van der Waals surface area (Å²) < 4.78 is 5.23. The van der Waals surface area contributed by atoms with Gasteiger partial charge in [0.15, 0.2) is 5.90 Å². The van der Waals surface area contributed by atoms with Crippen molar-refractivity contribution in [2.24, 2.45) is 10.9 Å². The third-order valence-electron chi connectivity index (χ3n) is 2.12. The van der Waals surface area contributed by atoms with Crippen LogP contribution >= 0.6 is 0 Å². The van der Waals surface area contributed by atoms with Gasteiger partial charge < -0.3 is 4.74 Å². The molecule has 0 heterocycles. The molecule has 0 fully saturated rings. The first-order chi connectivity index (χ1) is 8.11. The van der Waals surface area contributed by atoms with Gasteiger partial charge in [-0.05, 0) is 18.1 Å². The van der Waals surface area contributed by atoms with Crippen LogP contribution in [0.15, 0.2) is 35.3 Å². The highest BCUT2D eigenvalue weighted by Crippen LogP contribution is 2.12. The number of ether oxygens (including phenoxy) is 1. The van der Waals surface area contributed by atoms with E-state index in [9.17, 15) is 4.79 Å². The molecular formula is C14H19NO2. The molecule has 17 heavy (non-hydrogen) atoms. The molecule has 0 saturated heterocycles. The van der Waals surface area contributed by atoms with Crippen LogP contribution < -0.4 is 0 Å². The second-order valence-electron chi connectivity index (χ2n) is 4.27. The molecule has 1 aromatic rings. The SMILES string of the molecule is CCC(=Nc1ccccc1)OC(=O)CC(C)C. The number of para-hydroxylation sites is 1. The first kappa shape index (κ1) is 13.4. The van der Waals surface area contributed by atoms with E-state index in [1.54, 1.807) is 0 Å². The normalized spacial score (nSPS) is 11.6. The van der Waals surface area contributed by atoms with Crippen molar-refractivity contribution in [1.29, 1.82) is 0 Å². The fraction of sp³-hybridized carbons (Fsp3) is 0.429. The van der Waals surface area contributed by atoms with Crippen LogP contribution in [0.2, 0.25) is 0 Å². The summed E-state index contributed by atoms with van der Waals surface area (Å²) in [7, 11) is 0. The van der Waals surface area contributed by atoms with E-state index >= 15 is 0 Å². The van der Waals surface area contributed by atoms with Crippen LogP contribution in [0, 0.1) is 5.92 Å². The van der Waals surface area contributed by atoms with E-state index in [0.717, 1.165) is 5.69 Å². The number of aliphatic imine (C=N–C) groups is 1. The van der Waals surface area contributed by atoms with Crippen LogP contribution in [-0.2, 0) is 9.53 Å². The maximum absolute atomic E-state index is 11.5. The van der Waals surface area contributed by atoms with Crippen LogP contribution in [0.25, 0.3) is 0 Å². The summed E-state index contributed by atoms with van der Waals surface area (Å²) in [6.45, 7) is 5.90.